The molecule has 1 aromatic heterocycles. The molecule has 0 bridgehead atoms. The number of hydrogen-bond donors (Lipinski definition) is 1. The summed E-state index contributed by atoms with van der Waals surface area (Å²) in [5.74, 6) is -1.08. The van der Waals surface area contributed by atoms with Crippen molar-refractivity contribution in [3.8, 4) is 5.69 Å². The van der Waals surface area contributed by atoms with Crippen LogP contribution in [0.25, 0.3) is 11.8 Å². The van der Waals surface area contributed by atoms with Crippen molar-refractivity contribution in [1.29, 1.82) is 0 Å². The van der Waals surface area contributed by atoms with Crippen LogP contribution in [0.15, 0.2) is 69.4 Å². The predicted molar refractivity (Wildman–Crippen MR) is 140 cm³/mol. The standard InChI is InChI=1S/C25H23N3O3S3/c1-16-8-6-11-19(14-16)33-24-20(17(2)26-28(24)18-9-4-3-5-10-18)15-21-23(31)27(25(32)34-21)13-7-12-22(29)30/h3-6,8-11,14-15H,7,12-13H2,1-2H3,(H,29,30). The van der Waals surface area contributed by atoms with Gasteiger partial charge in [-0.05, 0) is 50.6 Å². The molecule has 0 atom stereocenters. The van der Waals surface area contributed by atoms with Crippen LogP contribution in [-0.2, 0) is 9.59 Å². The van der Waals surface area contributed by atoms with E-state index in [9.17, 15) is 9.59 Å². The van der Waals surface area contributed by atoms with Crippen molar-refractivity contribution < 1.29 is 14.7 Å². The molecule has 0 spiro atoms. The maximum absolute atomic E-state index is 13.1. The van der Waals surface area contributed by atoms with Gasteiger partial charge in [-0.2, -0.15) is 5.10 Å². The zero-order valence-corrected chi connectivity index (χ0v) is 21.2. The van der Waals surface area contributed by atoms with Gasteiger partial charge in [0.15, 0.2) is 0 Å². The van der Waals surface area contributed by atoms with Crippen molar-refractivity contribution in [2.75, 3.05) is 6.54 Å². The topological polar surface area (TPSA) is 75.4 Å². The molecule has 34 heavy (non-hydrogen) atoms. The van der Waals surface area contributed by atoms with Crippen molar-refractivity contribution >= 4 is 58.0 Å². The fourth-order valence-electron chi connectivity index (χ4n) is 3.53. The number of carbonyl (C=O) groups excluding carboxylic acids is 1. The van der Waals surface area contributed by atoms with Gasteiger partial charge in [0.05, 0.1) is 16.3 Å². The molecule has 174 valence electrons. The number of carbonyl (C=O) groups is 2. The second-order valence-corrected chi connectivity index (χ2v) is 10.5. The van der Waals surface area contributed by atoms with Gasteiger partial charge in [0.1, 0.15) is 9.35 Å². The molecular formula is C25H23N3O3S3. The van der Waals surface area contributed by atoms with E-state index in [0.29, 0.717) is 22.2 Å². The van der Waals surface area contributed by atoms with Crippen molar-refractivity contribution in [2.24, 2.45) is 0 Å². The molecular weight excluding hydrogens is 486 g/mol. The van der Waals surface area contributed by atoms with E-state index in [4.69, 9.17) is 22.4 Å². The second kappa shape index (κ2) is 10.6. The number of aryl methyl sites for hydroxylation is 2. The maximum atomic E-state index is 13.1. The van der Waals surface area contributed by atoms with Crippen LogP contribution >= 0.6 is 35.7 Å². The largest absolute Gasteiger partial charge is 0.481 e. The van der Waals surface area contributed by atoms with Crippen LogP contribution in [0.3, 0.4) is 0 Å². The number of nitrogens with zero attached hydrogens (tertiary/aromatic N) is 3. The molecule has 9 heteroatoms. The lowest BCUT2D eigenvalue weighted by Crippen LogP contribution is -2.29. The summed E-state index contributed by atoms with van der Waals surface area (Å²) in [6.07, 6.45) is 2.21. The Morgan fingerprint density at radius 1 is 1.18 bits per heavy atom. The van der Waals surface area contributed by atoms with Crippen LogP contribution in [0.4, 0.5) is 0 Å². The first-order valence-electron chi connectivity index (χ1n) is 10.7. The predicted octanol–water partition coefficient (Wildman–Crippen LogP) is 5.71. The van der Waals surface area contributed by atoms with E-state index in [0.717, 1.165) is 32.4 Å². The summed E-state index contributed by atoms with van der Waals surface area (Å²) >= 11 is 8.25. The molecule has 0 aliphatic carbocycles. The molecule has 1 aliphatic rings. The third-order valence-electron chi connectivity index (χ3n) is 5.19. The van der Waals surface area contributed by atoms with E-state index in [1.807, 2.05) is 54.1 Å². The normalized spacial score (nSPS) is 14.9. The summed E-state index contributed by atoms with van der Waals surface area (Å²) < 4.78 is 2.35. The van der Waals surface area contributed by atoms with E-state index in [2.05, 4.69) is 25.1 Å². The number of aromatic nitrogens is 2. The highest BCUT2D eigenvalue weighted by Crippen LogP contribution is 2.39. The van der Waals surface area contributed by atoms with Crippen LogP contribution < -0.4 is 0 Å². The first kappa shape index (κ1) is 24.3. The number of thioether (sulfide) groups is 1. The minimum atomic E-state index is -0.886. The third kappa shape index (κ3) is 5.43. The molecule has 2 heterocycles. The van der Waals surface area contributed by atoms with Gasteiger partial charge >= 0.3 is 5.97 Å². The Morgan fingerprint density at radius 3 is 2.65 bits per heavy atom. The number of hydrogen-bond acceptors (Lipinski definition) is 6. The molecule has 0 unspecified atom stereocenters. The SMILES string of the molecule is Cc1cccc(Sc2c(C=C3SC(=S)N(CCCC(=O)O)C3=O)c(C)nn2-c2ccccc2)c1. The Morgan fingerprint density at radius 2 is 1.94 bits per heavy atom. The van der Waals surface area contributed by atoms with Crippen LogP contribution in [0, 0.1) is 13.8 Å². The van der Waals surface area contributed by atoms with Gasteiger partial charge in [0.2, 0.25) is 0 Å². The van der Waals surface area contributed by atoms with Crippen LogP contribution in [0.5, 0.6) is 0 Å². The zero-order chi connectivity index (χ0) is 24.2. The fourth-order valence-corrected chi connectivity index (χ4v) is 5.98. The lowest BCUT2D eigenvalue weighted by atomic mass is 10.2. The number of amides is 1. The van der Waals surface area contributed by atoms with Gasteiger partial charge in [-0.25, -0.2) is 4.68 Å². The highest BCUT2D eigenvalue weighted by atomic mass is 32.2. The van der Waals surface area contributed by atoms with Crippen molar-refractivity contribution in [3.63, 3.8) is 0 Å². The van der Waals surface area contributed by atoms with Gasteiger partial charge < -0.3 is 5.11 Å². The Kier molecular flexibility index (Phi) is 7.55. The first-order valence-corrected chi connectivity index (χ1v) is 12.7. The minimum absolute atomic E-state index is 0.00363. The van der Waals surface area contributed by atoms with Crippen molar-refractivity contribution in [2.45, 2.75) is 36.6 Å². The summed E-state index contributed by atoms with van der Waals surface area (Å²) in [6, 6.07) is 18.1. The molecule has 1 saturated heterocycles. The van der Waals surface area contributed by atoms with Crippen molar-refractivity contribution in [3.05, 3.63) is 76.3 Å². The van der Waals surface area contributed by atoms with Gasteiger partial charge in [-0.15, -0.1) is 0 Å². The highest BCUT2D eigenvalue weighted by molar-refractivity contribution is 8.26. The molecule has 6 nitrogen and oxygen atoms in total. The second-order valence-electron chi connectivity index (χ2n) is 7.80. The number of carboxylic acids is 1. The number of carboxylic acid groups (broad SMARTS) is 1. The summed E-state index contributed by atoms with van der Waals surface area (Å²) in [5, 5.41) is 14.6. The van der Waals surface area contributed by atoms with Crippen LogP contribution in [0.1, 0.15) is 29.7 Å². The van der Waals surface area contributed by atoms with E-state index >= 15 is 0 Å². The lowest BCUT2D eigenvalue weighted by Gasteiger charge is -2.13. The molecule has 2 aromatic carbocycles. The van der Waals surface area contributed by atoms with Gasteiger partial charge in [0.25, 0.3) is 5.91 Å². The van der Waals surface area contributed by atoms with E-state index in [1.165, 1.54) is 16.7 Å². The summed E-state index contributed by atoms with van der Waals surface area (Å²) in [4.78, 5) is 27.0. The summed E-state index contributed by atoms with van der Waals surface area (Å²) in [6.45, 7) is 4.28. The average Bonchev–Trinajstić information content (AvgIpc) is 3.25. The number of para-hydroxylation sites is 1. The summed E-state index contributed by atoms with van der Waals surface area (Å²) in [5.41, 5.74) is 3.76. The van der Waals surface area contributed by atoms with Crippen molar-refractivity contribution in [1.82, 2.24) is 14.7 Å². The monoisotopic (exact) mass is 509 g/mol. The van der Waals surface area contributed by atoms with E-state index in [-0.39, 0.29) is 12.3 Å². The quantitative estimate of drug-likeness (QED) is 0.308. The molecule has 1 N–H and O–H groups in total. The zero-order valence-electron chi connectivity index (χ0n) is 18.7. The Bertz CT molecular complexity index is 1290. The number of aliphatic carboxylic acids is 1. The third-order valence-corrected chi connectivity index (χ3v) is 7.64. The highest BCUT2D eigenvalue weighted by Gasteiger charge is 2.32. The smallest absolute Gasteiger partial charge is 0.303 e. The van der Waals surface area contributed by atoms with Gasteiger partial charge in [-0.1, -0.05) is 71.6 Å². The Labute approximate surface area is 212 Å². The molecule has 3 aromatic rings. The van der Waals surface area contributed by atoms with E-state index < -0.39 is 5.97 Å². The number of thiocarbonyl (C=S) groups is 1. The molecule has 0 radical (unpaired) electrons. The number of benzene rings is 2. The minimum Gasteiger partial charge on any atom is -0.481 e. The molecule has 1 fully saturated rings. The fraction of sp³-hybridized carbons (Fsp3) is 0.200. The average molecular weight is 510 g/mol. The van der Waals surface area contributed by atoms with Gasteiger partial charge in [0, 0.05) is 23.4 Å². The Balaban J connectivity index is 1.72. The lowest BCUT2D eigenvalue weighted by molar-refractivity contribution is -0.137. The number of rotatable bonds is 8. The first-order chi connectivity index (χ1) is 16.3. The molecule has 1 aliphatic heterocycles. The molecule has 4 rings (SSSR count). The van der Waals surface area contributed by atoms with Crippen LogP contribution in [0.2, 0.25) is 0 Å². The molecule has 0 saturated carbocycles. The summed E-state index contributed by atoms with van der Waals surface area (Å²) in [7, 11) is 0. The Hall–Kier alpha value is -2.88. The maximum Gasteiger partial charge on any atom is 0.303 e. The molecule has 1 amide bonds. The van der Waals surface area contributed by atoms with Gasteiger partial charge in [-0.3, -0.25) is 14.5 Å². The van der Waals surface area contributed by atoms with Crippen LogP contribution in [-0.4, -0.2) is 42.5 Å². The van der Waals surface area contributed by atoms with E-state index in [1.54, 1.807) is 11.8 Å².